The van der Waals surface area contributed by atoms with Gasteiger partial charge in [0.1, 0.15) is 12.2 Å². The second kappa shape index (κ2) is 6.45. The van der Waals surface area contributed by atoms with Crippen molar-refractivity contribution in [1.82, 2.24) is 5.43 Å². The maximum Gasteiger partial charge on any atom is 0.361 e. The SMILES string of the molecule is COC(=O)C1=NNC(O)(C(=O)OC)[C@@H]2[C@H]1[C@@H]1OO[C@H]2/C1=C\c1ccccc1. The molecule has 2 bridgehead atoms. The largest absolute Gasteiger partial charge is 0.465 e. The molecule has 0 radical (unpaired) electrons. The lowest BCUT2D eigenvalue weighted by molar-refractivity contribution is -0.348. The Morgan fingerprint density at radius 1 is 1.19 bits per heavy atom. The van der Waals surface area contributed by atoms with Crippen molar-refractivity contribution in [1.29, 1.82) is 0 Å². The summed E-state index contributed by atoms with van der Waals surface area (Å²) in [5, 5.41) is 14.9. The van der Waals surface area contributed by atoms with E-state index in [2.05, 4.69) is 10.5 Å². The van der Waals surface area contributed by atoms with E-state index < -0.39 is 41.7 Å². The lowest BCUT2D eigenvalue weighted by Crippen LogP contribution is -2.66. The topological polar surface area (TPSA) is 116 Å². The molecule has 27 heavy (non-hydrogen) atoms. The summed E-state index contributed by atoms with van der Waals surface area (Å²) in [7, 11) is 2.38. The molecular formula is C18H18N2O7. The molecule has 142 valence electrons. The fourth-order valence-corrected chi connectivity index (χ4v) is 3.92. The number of ether oxygens (including phenoxy) is 2. The molecule has 1 aliphatic carbocycles. The van der Waals surface area contributed by atoms with Crippen molar-refractivity contribution in [3.05, 3.63) is 41.5 Å². The van der Waals surface area contributed by atoms with Crippen LogP contribution in [0.1, 0.15) is 5.56 Å². The van der Waals surface area contributed by atoms with E-state index in [-0.39, 0.29) is 5.71 Å². The van der Waals surface area contributed by atoms with Crippen LogP contribution in [0.2, 0.25) is 0 Å². The van der Waals surface area contributed by atoms with Crippen LogP contribution in [0.25, 0.3) is 6.08 Å². The molecule has 1 saturated heterocycles. The molecule has 1 saturated carbocycles. The van der Waals surface area contributed by atoms with Crippen LogP contribution in [0.3, 0.4) is 0 Å². The van der Waals surface area contributed by atoms with Gasteiger partial charge >= 0.3 is 11.9 Å². The van der Waals surface area contributed by atoms with Crippen LogP contribution in [-0.2, 0) is 28.8 Å². The van der Waals surface area contributed by atoms with Gasteiger partial charge in [0.25, 0.3) is 5.72 Å². The molecule has 2 aliphatic heterocycles. The van der Waals surface area contributed by atoms with Crippen molar-refractivity contribution in [2.75, 3.05) is 14.2 Å². The first-order valence-electron chi connectivity index (χ1n) is 8.33. The zero-order valence-electron chi connectivity index (χ0n) is 14.6. The van der Waals surface area contributed by atoms with Crippen LogP contribution in [-0.4, -0.2) is 54.9 Å². The van der Waals surface area contributed by atoms with E-state index in [0.717, 1.165) is 12.7 Å². The van der Waals surface area contributed by atoms with Crippen LogP contribution in [0, 0.1) is 11.8 Å². The van der Waals surface area contributed by atoms with Gasteiger partial charge in [0.15, 0.2) is 5.71 Å². The molecule has 0 spiro atoms. The molecule has 5 atom stereocenters. The Labute approximate surface area is 154 Å². The summed E-state index contributed by atoms with van der Waals surface area (Å²) in [4.78, 5) is 35.2. The van der Waals surface area contributed by atoms with Crippen LogP contribution < -0.4 is 5.43 Å². The summed E-state index contributed by atoms with van der Waals surface area (Å²) in [5.41, 5.74) is 1.79. The van der Waals surface area contributed by atoms with Crippen LogP contribution in [0.15, 0.2) is 41.0 Å². The highest BCUT2D eigenvalue weighted by molar-refractivity contribution is 6.38. The van der Waals surface area contributed by atoms with Crippen LogP contribution >= 0.6 is 0 Å². The summed E-state index contributed by atoms with van der Waals surface area (Å²) < 4.78 is 9.52. The van der Waals surface area contributed by atoms with Crippen molar-refractivity contribution >= 4 is 23.7 Å². The Hall–Kier alpha value is -2.75. The number of nitrogens with zero attached hydrogens (tertiary/aromatic N) is 1. The molecule has 2 heterocycles. The summed E-state index contributed by atoms with van der Waals surface area (Å²) in [6.45, 7) is 0. The second-order valence-corrected chi connectivity index (χ2v) is 6.50. The Balaban J connectivity index is 1.81. The smallest absolute Gasteiger partial charge is 0.361 e. The highest BCUT2D eigenvalue weighted by Crippen LogP contribution is 2.52. The normalized spacial score (nSPS) is 35.2. The van der Waals surface area contributed by atoms with Gasteiger partial charge in [-0.05, 0) is 11.1 Å². The zero-order chi connectivity index (χ0) is 19.2. The lowest BCUT2D eigenvalue weighted by atomic mass is 9.79. The number of rotatable bonds is 3. The zero-order valence-corrected chi connectivity index (χ0v) is 14.6. The monoisotopic (exact) mass is 374 g/mol. The molecule has 2 N–H and O–H groups in total. The molecule has 1 aromatic carbocycles. The van der Waals surface area contributed by atoms with E-state index in [9.17, 15) is 14.7 Å². The maximum absolute atomic E-state index is 12.3. The molecule has 0 amide bonds. The number of benzene rings is 1. The molecule has 9 heteroatoms. The highest BCUT2D eigenvalue weighted by Gasteiger charge is 2.68. The minimum absolute atomic E-state index is 0.0193. The summed E-state index contributed by atoms with van der Waals surface area (Å²) in [6, 6.07) is 9.44. The van der Waals surface area contributed by atoms with Gasteiger partial charge in [-0.1, -0.05) is 36.4 Å². The van der Waals surface area contributed by atoms with Gasteiger partial charge in [0, 0.05) is 0 Å². The Morgan fingerprint density at radius 2 is 1.89 bits per heavy atom. The van der Waals surface area contributed by atoms with Gasteiger partial charge in [0.05, 0.1) is 26.1 Å². The number of esters is 2. The van der Waals surface area contributed by atoms with Crippen molar-refractivity contribution < 1.29 is 33.9 Å². The molecule has 1 unspecified atom stereocenters. The van der Waals surface area contributed by atoms with E-state index in [1.807, 2.05) is 36.4 Å². The maximum atomic E-state index is 12.3. The first-order valence-corrected chi connectivity index (χ1v) is 8.33. The predicted molar refractivity (Wildman–Crippen MR) is 90.7 cm³/mol. The minimum atomic E-state index is -2.17. The average Bonchev–Trinajstić information content (AvgIpc) is 3.23. The molecule has 0 aromatic heterocycles. The number of hydrogen-bond donors (Lipinski definition) is 2. The Bertz CT molecular complexity index is 837. The van der Waals surface area contributed by atoms with Crippen molar-refractivity contribution in [2.24, 2.45) is 16.9 Å². The van der Waals surface area contributed by atoms with Gasteiger partial charge in [-0.3, -0.25) is 5.43 Å². The van der Waals surface area contributed by atoms with E-state index >= 15 is 0 Å². The Kier molecular flexibility index (Phi) is 4.22. The van der Waals surface area contributed by atoms with Gasteiger partial charge in [-0.15, -0.1) is 0 Å². The molecule has 4 rings (SSSR count). The van der Waals surface area contributed by atoms with Gasteiger partial charge in [0.2, 0.25) is 0 Å². The van der Waals surface area contributed by atoms with Crippen molar-refractivity contribution in [2.45, 2.75) is 17.9 Å². The lowest BCUT2D eigenvalue weighted by Gasteiger charge is -2.41. The van der Waals surface area contributed by atoms with E-state index in [0.29, 0.717) is 5.57 Å². The average molecular weight is 374 g/mol. The highest BCUT2D eigenvalue weighted by atomic mass is 17.2. The number of nitrogens with one attached hydrogen (secondary N) is 1. The third-order valence-electron chi connectivity index (χ3n) is 5.13. The van der Waals surface area contributed by atoms with Gasteiger partial charge in [-0.25, -0.2) is 19.4 Å². The summed E-state index contributed by atoms with van der Waals surface area (Å²) in [5.74, 6) is -3.23. The first kappa shape index (κ1) is 17.7. The number of carbonyl (C=O) groups excluding carboxylic acids is 2. The molecule has 3 aliphatic rings. The molecular weight excluding hydrogens is 356 g/mol. The quantitative estimate of drug-likeness (QED) is 0.562. The third-order valence-corrected chi connectivity index (χ3v) is 5.13. The number of fused-ring (bicyclic) bond motifs is 5. The Morgan fingerprint density at radius 3 is 2.56 bits per heavy atom. The number of methoxy groups -OCH3 is 2. The predicted octanol–water partition coefficient (Wildman–Crippen LogP) is 0.00880. The van der Waals surface area contributed by atoms with Gasteiger partial charge < -0.3 is 14.6 Å². The first-order chi connectivity index (χ1) is 13.0. The standard InChI is InChI=1S/C18H18N2O7/c1-24-16(21)13-11-12(18(23,20-19-13)17(22)25-2)15-10(14(11)26-27-15)8-9-6-4-3-5-7-9/h3-8,11-12,14-15,20,23H,1-2H3/b10-8-/t11-,12-,14-,15+,18?/m1/s1. The van der Waals surface area contributed by atoms with Crippen LogP contribution in [0.4, 0.5) is 0 Å². The number of aliphatic hydroxyl groups is 1. The fraction of sp³-hybridized carbons (Fsp3) is 0.389. The van der Waals surface area contributed by atoms with Crippen LogP contribution in [0.5, 0.6) is 0 Å². The third kappa shape index (κ3) is 2.54. The number of hydrogen-bond acceptors (Lipinski definition) is 9. The number of hydrazone groups is 1. The van der Waals surface area contributed by atoms with Gasteiger partial charge in [-0.2, -0.15) is 5.10 Å². The molecule has 1 aromatic rings. The fourth-order valence-electron chi connectivity index (χ4n) is 3.92. The van der Waals surface area contributed by atoms with E-state index in [4.69, 9.17) is 19.2 Å². The van der Waals surface area contributed by atoms with Crippen molar-refractivity contribution in [3.8, 4) is 0 Å². The van der Waals surface area contributed by atoms with Crippen molar-refractivity contribution in [3.63, 3.8) is 0 Å². The second-order valence-electron chi connectivity index (χ2n) is 6.50. The minimum Gasteiger partial charge on any atom is -0.465 e. The van der Waals surface area contributed by atoms with E-state index in [1.165, 1.54) is 7.11 Å². The van der Waals surface area contributed by atoms with E-state index in [1.54, 1.807) is 0 Å². The summed E-state index contributed by atoms with van der Waals surface area (Å²) in [6.07, 6.45) is 0.385. The molecule has 2 fully saturated rings. The molecule has 9 nitrogen and oxygen atoms in total. The summed E-state index contributed by atoms with van der Waals surface area (Å²) >= 11 is 0. The number of carbonyl (C=O) groups is 2.